The van der Waals surface area contributed by atoms with Gasteiger partial charge in [-0.3, -0.25) is 19.2 Å². The average molecular weight is 2000 g/mol. The van der Waals surface area contributed by atoms with E-state index in [1.807, 2.05) is 49.9 Å². The Balaban J connectivity index is 0.000000129. The first-order valence-electron chi connectivity index (χ1n) is 49.4. The van der Waals surface area contributed by atoms with Gasteiger partial charge in [-0.05, 0) is 208 Å². The number of carbonyl (C=O) groups excluding carboxylic acids is 4. The summed E-state index contributed by atoms with van der Waals surface area (Å²) in [4.78, 5) is 115. The topological polar surface area (TPSA) is 304 Å². The van der Waals surface area contributed by atoms with E-state index >= 15 is 0 Å². The predicted molar refractivity (Wildman–Crippen MR) is 531 cm³/mol. The van der Waals surface area contributed by atoms with E-state index in [4.69, 9.17) is 56.7 Å². The highest BCUT2D eigenvalue weighted by Crippen LogP contribution is 2.39. The van der Waals surface area contributed by atoms with E-state index < -0.39 is 0 Å². The van der Waals surface area contributed by atoms with Crippen LogP contribution in [0.15, 0.2) is 145 Å². The van der Waals surface area contributed by atoms with E-state index in [-0.39, 0.29) is 73.1 Å². The zero-order valence-corrected chi connectivity index (χ0v) is 82.7. The van der Waals surface area contributed by atoms with Gasteiger partial charge in [0.15, 0.2) is 23.3 Å². The van der Waals surface area contributed by atoms with Crippen LogP contribution in [-0.2, 0) is 45.4 Å². The molecule has 140 heavy (non-hydrogen) atoms. The Morgan fingerprint density at radius 1 is 0.343 bits per heavy atom. The van der Waals surface area contributed by atoms with Crippen molar-refractivity contribution in [1.29, 1.82) is 0 Å². The van der Waals surface area contributed by atoms with E-state index in [0.717, 1.165) is 170 Å². The van der Waals surface area contributed by atoms with Crippen LogP contribution in [0.5, 0.6) is 5.75 Å². The number of ether oxygens (including phenoxy) is 1. The van der Waals surface area contributed by atoms with Gasteiger partial charge in [0.2, 0.25) is 35.5 Å². The zero-order valence-electron chi connectivity index (χ0n) is 80.3. The Morgan fingerprint density at radius 2 is 0.629 bits per heavy atom. The van der Waals surface area contributed by atoms with Crippen LogP contribution in [0.3, 0.4) is 0 Å². The molecule has 8 fully saturated rings. The number of nitrogens with zero attached hydrogens (tertiary/aromatic N) is 26. The van der Waals surface area contributed by atoms with Crippen LogP contribution >= 0.6 is 27.5 Å². The number of amides is 4. The predicted octanol–water partition coefficient (Wildman–Crippen LogP) is 17.0. The van der Waals surface area contributed by atoms with Gasteiger partial charge in [0.1, 0.15) is 90.1 Å². The fourth-order valence-corrected chi connectivity index (χ4v) is 20.2. The Labute approximate surface area is 827 Å². The Bertz CT molecular complexity index is 6030. The maximum atomic E-state index is 13.8. The molecule has 4 aliphatic heterocycles. The third kappa shape index (κ3) is 24.8. The van der Waals surface area contributed by atoms with Crippen LogP contribution in [0.25, 0.3) is 45.6 Å². The first-order chi connectivity index (χ1) is 68.0. The summed E-state index contributed by atoms with van der Waals surface area (Å²) in [5.41, 5.74) is 5.33. The lowest BCUT2D eigenvalue weighted by atomic mass is 9.88. The summed E-state index contributed by atoms with van der Waals surface area (Å²) in [5.74, 6) is 9.96. The number of rotatable bonds is 21. The second kappa shape index (κ2) is 46.6. The molecule has 0 radical (unpaired) electrons. The lowest BCUT2D eigenvalue weighted by molar-refractivity contribution is -0.133. The van der Waals surface area contributed by atoms with Gasteiger partial charge in [-0.15, -0.1) is 0 Å². The standard InChI is InChI=1S/C27H33FN6O2.C26H31FN6O.C25H29BrFN7O.C25H29ClFN7O/c1-19-16-21(8-9-23(19)28)26-30-27(20-6-4-3-5-7-20)34(31-26)18-25(35)33-14-12-32(13-15-33)24-17-22(36-2)10-11-29-24;1-19-17-21(10-11-22(19)27)25-29-26(20-7-3-2-4-8-20)33(30-25)18-24(34)32-15-13-31(14-16-32)23-9-5-6-12-28-23;2*1-17-13-19(7-8-21(17)27)23-30-24(18-5-3-2-4-6-18)34(31-23)16-22(35)32-9-11-33(12-10-32)25-28-14-20(26)15-29-25/h8-11,16-17,20H,3-7,12-15,18H2,1-2H3;5-6,9-12,17,20H,2-4,7-8,13-16,18H2,1H3;2*7-8,13-15,18H,2-6,9-12,16H2,1H3. The van der Waals surface area contributed by atoms with Gasteiger partial charge < -0.3 is 43.9 Å². The SMILES string of the molecule is COc1ccnc(N2CCN(C(=O)Cn3nc(-c4ccc(F)c(C)c4)nc3C3CCCCC3)CC2)c1.Cc1cc(-c2nc(C3CCCCC3)n(CC(=O)N3CCN(c4ccccn4)CC3)n2)ccc1F.Cc1cc(-c2nc(C3CCCCC3)n(CC(=O)N3CCN(c4ncc(Br)cn4)CC3)n2)ccc1F.Cc1cc(-c2nc(C3CCCCC3)n(CC(=O)N3CCN(c4ncc(Cl)cn4)CC3)n2)ccc1F. The second-order valence-electron chi connectivity index (χ2n) is 37.6. The van der Waals surface area contributed by atoms with Crippen LogP contribution in [-0.4, -0.2) is 244 Å². The van der Waals surface area contributed by atoms with Crippen molar-refractivity contribution in [2.75, 3.05) is 131 Å². The molecule has 4 saturated carbocycles. The summed E-state index contributed by atoms with van der Waals surface area (Å²) >= 11 is 9.25. The molecule has 12 aromatic rings. The van der Waals surface area contributed by atoms with Crippen LogP contribution in [0.4, 0.5) is 41.1 Å². The molecule has 12 heterocycles. The smallest absolute Gasteiger partial charge is 0.244 e. The number of benzene rings is 4. The number of hydrogen-bond donors (Lipinski definition) is 0. The lowest BCUT2D eigenvalue weighted by Crippen LogP contribution is -2.50. The number of piperazine rings is 4. The molecule has 0 bridgehead atoms. The third-order valence-electron chi connectivity index (χ3n) is 28.0. The molecular weight excluding hydrogens is 1870 g/mol. The van der Waals surface area contributed by atoms with Crippen molar-refractivity contribution in [2.24, 2.45) is 0 Å². The van der Waals surface area contributed by atoms with Crippen LogP contribution < -0.4 is 24.3 Å². The number of carbonyl (C=O) groups is 4. The van der Waals surface area contributed by atoms with Crippen molar-refractivity contribution in [3.63, 3.8) is 0 Å². The molecule has 4 aromatic carbocycles. The van der Waals surface area contributed by atoms with Gasteiger partial charge in [-0.2, -0.15) is 20.4 Å². The normalized spacial score (nSPS) is 17.1. The van der Waals surface area contributed by atoms with Gasteiger partial charge >= 0.3 is 0 Å². The molecule has 0 unspecified atom stereocenters. The maximum Gasteiger partial charge on any atom is 0.244 e. The molecule has 736 valence electrons. The summed E-state index contributed by atoms with van der Waals surface area (Å²) in [7, 11) is 1.64. The highest BCUT2D eigenvalue weighted by atomic mass is 79.9. The number of aromatic nitrogens is 18. The molecule has 0 N–H and O–H groups in total. The molecule has 4 saturated heterocycles. The number of hydrogen-bond acceptors (Lipinski definition) is 23. The number of pyridine rings is 2. The summed E-state index contributed by atoms with van der Waals surface area (Å²) in [6.45, 7) is 18.2. The van der Waals surface area contributed by atoms with Crippen molar-refractivity contribution in [3.05, 3.63) is 219 Å². The fraction of sp³-hybridized carbons (Fsp3) is 0.476. The van der Waals surface area contributed by atoms with Crippen molar-refractivity contribution in [1.82, 2.24) is 109 Å². The second-order valence-corrected chi connectivity index (χ2v) is 39.0. The van der Waals surface area contributed by atoms with Crippen LogP contribution in [0.2, 0.25) is 5.02 Å². The molecule has 0 atom stereocenters. The molecule has 0 spiro atoms. The third-order valence-corrected chi connectivity index (χ3v) is 28.7. The van der Waals surface area contributed by atoms with E-state index in [1.54, 1.807) is 139 Å². The molecule has 8 aromatic heterocycles. The zero-order chi connectivity index (χ0) is 97.3. The Kier molecular flexibility index (Phi) is 32.9. The monoisotopic (exact) mass is 1990 g/mol. The minimum Gasteiger partial charge on any atom is -0.497 e. The van der Waals surface area contributed by atoms with Gasteiger partial charge in [-0.25, -0.2) is 86.1 Å². The molecular formula is C103H122BrClF4N26O5. The van der Waals surface area contributed by atoms with Crippen LogP contribution in [0, 0.1) is 51.0 Å². The van der Waals surface area contributed by atoms with Crippen LogP contribution in [0.1, 0.15) is 198 Å². The minimum absolute atomic E-state index is 0.0190. The van der Waals surface area contributed by atoms with E-state index in [0.29, 0.717) is 178 Å². The highest BCUT2D eigenvalue weighted by molar-refractivity contribution is 9.10. The molecule has 31 nitrogen and oxygen atoms in total. The van der Waals surface area contributed by atoms with E-state index in [2.05, 4.69) is 65.4 Å². The summed E-state index contributed by atoms with van der Waals surface area (Å²) < 4.78 is 68.6. The number of aryl methyl sites for hydroxylation is 4. The molecule has 37 heteroatoms. The summed E-state index contributed by atoms with van der Waals surface area (Å²) in [6, 6.07) is 29.4. The lowest BCUT2D eigenvalue weighted by Gasteiger charge is -2.35. The van der Waals surface area contributed by atoms with Gasteiger partial charge in [0, 0.05) is 181 Å². The Morgan fingerprint density at radius 3 is 0.914 bits per heavy atom. The van der Waals surface area contributed by atoms with Crippen molar-refractivity contribution in [3.8, 4) is 51.3 Å². The largest absolute Gasteiger partial charge is 0.497 e. The average Bonchev–Trinajstić information content (AvgIpc) is 1.48. The fourth-order valence-electron chi connectivity index (χ4n) is 19.9. The molecule has 4 amide bonds. The molecule has 20 rings (SSSR count). The molecule has 8 aliphatic rings. The minimum atomic E-state index is -0.251. The summed E-state index contributed by atoms with van der Waals surface area (Å²) in [6.07, 6.45) is 32.9. The Hall–Kier alpha value is -12.7. The summed E-state index contributed by atoms with van der Waals surface area (Å²) in [5, 5.41) is 19.4. The van der Waals surface area contributed by atoms with Crippen molar-refractivity contribution >= 4 is 74.7 Å². The van der Waals surface area contributed by atoms with Gasteiger partial charge in [0.25, 0.3) is 0 Å². The molecule has 4 aliphatic carbocycles. The highest BCUT2D eigenvalue weighted by Gasteiger charge is 2.35. The van der Waals surface area contributed by atoms with Gasteiger partial charge in [-0.1, -0.05) is 94.7 Å². The van der Waals surface area contributed by atoms with E-state index in [1.165, 1.54) is 62.8 Å². The number of anilines is 4. The van der Waals surface area contributed by atoms with Crippen molar-refractivity contribution < 1.29 is 41.5 Å². The van der Waals surface area contributed by atoms with E-state index in [9.17, 15) is 36.7 Å². The maximum absolute atomic E-state index is 13.8. The first-order valence-corrected chi connectivity index (χ1v) is 50.5. The number of halogens is 6. The first kappa shape index (κ1) is 98.9. The van der Waals surface area contributed by atoms with Crippen molar-refractivity contribution in [2.45, 2.75) is 206 Å². The van der Waals surface area contributed by atoms with Gasteiger partial charge in [0.05, 0.1) is 29.0 Å². The number of methoxy groups -OCH3 is 1. The quantitative estimate of drug-likeness (QED) is 0.0603.